The zero-order valence-corrected chi connectivity index (χ0v) is 24.1. The van der Waals surface area contributed by atoms with E-state index in [2.05, 4.69) is 24.3 Å². The molecule has 0 saturated carbocycles. The average Bonchev–Trinajstić information content (AvgIpc) is 3.58. The van der Waals surface area contributed by atoms with E-state index in [1.54, 1.807) is 29.2 Å². The molecule has 2 heterocycles. The van der Waals surface area contributed by atoms with Crippen LogP contribution in [0.4, 0.5) is 5.69 Å². The highest BCUT2D eigenvalue weighted by Gasteiger charge is 2.61. The molecule has 0 aromatic heterocycles. The van der Waals surface area contributed by atoms with Crippen LogP contribution >= 0.6 is 0 Å². The molecule has 0 radical (unpaired) electrons. The van der Waals surface area contributed by atoms with Gasteiger partial charge in [0.25, 0.3) is 0 Å². The third-order valence-electron chi connectivity index (χ3n) is 9.98. The minimum atomic E-state index is -0.608. The molecule has 9 rings (SSSR count). The van der Waals surface area contributed by atoms with Gasteiger partial charge in [-0.05, 0) is 46.9 Å². The first-order valence-corrected chi connectivity index (χ1v) is 15.1. The number of esters is 1. The van der Waals surface area contributed by atoms with E-state index in [-0.39, 0.29) is 54.3 Å². The van der Waals surface area contributed by atoms with Gasteiger partial charge in [0.05, 0.1) is 29.5 Å². The number of carbonyl (C=O) groups is 4. The minimum absolute atomic E-state index is 0.0754. The van der Waals surface area contributed by atoms with Crippen LogP contribution in [0, 0.1) is 17.8 Å². The van der Waals surface area contributed by atoms with E-state index in [0.717, 1.165) is 27.8 Å². The first kappa shape index (κ1) is 26.6. The number of carbonyl (C=O) groups excluding carboxylic acids is 4. The molecule has 4 atom stereocenters. The minimum Gasteiger partial charge on any atom is -0.426 e. The van der Waals surface area contributed by atoms with Crippen molar-refractivity contribution in [3.8, 4) is 5.75 Å². The van der Waals surface area contributed by atoms with Gasteiger partial charge < -0.3 is 9.64 Å². The van der Waals surface area contributed by atoms with Crippen molar-refractivity contribution in [3.05, 3.63) is 131 Å². The van der Waals surface area contributed by atoms with E-state index in [1.165, 1.54) is 4.90 Å². The molecule has 3 aliphatic carbocycles. The molecule has 0 N–H and O–H groups in total. The molecule has 7 heteroatoms. The average molecular weight is 583 g/mol. The molecule has 2 aliphatic heterocycles. The van der Waals surface area contributed by atoms with Crippen LogP contribution in [-0.4, -0.2) is 35.1 Å². The van der Waals surface area contributed by atoms with Gasteiger partial charge in [-0.2, -0.15) is 0 Å². The highest BCUT2D eigenvalue weighted by molar-refractivity contribution is 6.23. The zero-order valence-electron chi connectivity index (χ0n) is 24.1. The van der Waals surface area contributed by atoms with Gasteiger partial charge in [-0.15, -0.1) is 0 Å². The topological polar surface area (TPSA) is 84.0 Å². The Balaban J connectivity index is 1.04. The lowest BCUT2D eigenvalue weighted by Gasteiger charge is -2.45. The summed E-state index contributed by atoms with van der Waals surface area (Å²) < 4.78 is 5.76. The third-order valence-corrected chi connectivity index (χ3v) is 9.98. The first-order valence-electron chi connectivity index (χ1n) is 15.1. The van der Waals surface area contributed by atoms with Crippen molar-refractivity contribution in [1.82, 2.24) is 4.90 Å². The Labute approximate surface area is 255 Å². The largest absolute Gasteiger partial charge is 0.426 e. The van der Waals surface area contributed by atoms with Gasteiger partial charge in [0.15, 0.2) is 0 Å². The van der Waals surface area contributed by atoms with Crippen molar-refractivity contribution >= 4 is 29.4 Å². The zero-order chi connectivity index (χ0) is 30.1. The second-order valence-electron chi connectivity index (χ2n) is 12.2. The Morgan fingerprint density at radius 1 is 0.727 bits per heavy atom. The maximum Gasteiger partial charge on any atom is 0.316 e. The molecule has 0 unspecified atom stereocenters. The summed E-state index contributed by atoms with van der Waals surface area (Å²) in [6.07, 6.45) is 0.0754. The molecule has 218 valence electrons. The van der Waals surface area contributed by atoms with Crippen molar-refractivity contribution in [2.75, 3.05) is 11.4 Å². The third kappa shape index (κ3) is 3.88. The molecule has 7 nitrogen and oxygen atoms in total. The normalized spacial score (nSPS) is 25.5. The Morgan fingerprint density at radius 2 is 1.27 bits per heavy atom. The standard InChI is InChI=1S/C37H30N2O5/c1-21(22-10-3-2-4-11-22)38-20-23(18-30(38)40)37(43)44-25-13-9-12-24(19-25)39-35(41)33-31-26-14-5-6-15-27(26)32(34(33)36(39)42)29-17-8-7-16-28(29)31/h2-17,19,21,23,31-34H,18,20H2,1H3/t21-,23+,31?,32?,33-,34+/m1/s1. The smallest absolute Gasteiger partial charge is 0.316 e. The number of hydrogen-bond donors (Lipinski definition) is 0. The summed E-state index contributed by atoms with van der Waals surface area (Å²) in [6.45, 7) is 2.22. The number of imide groups is 1. The van der Waals surface area contributed by atoms with Gasteiger partial charge in [-0.3, -0.25) is 19.2 Å². The predicted octanol–water partition coefficient (Wildman–Crippen LogP) is 5.60. The van der Waals surface area contributed by atoms with Crippen molar-refractivity contribution in [2.24, 2.45) is 17.8 Å². The summed E-state index contributed by atoms with van der Waals surface area (Å²) in [5, 5.41) is 0. The molecule has 4 aromatic carbocycles. The Bertz CT molecular complexity index is 1740. The van der Waals surface area contributed by atoms with Crippen LogP contribution in [0.5, 0.6) is 5.75 Å². The highest BCUT2D eigenvalue weighted by Crippen LogP contribution is 2.61. The van der Waals surface area contributed by atoms with E-state index in [4.69, 9.17) is 4.74 Å². The lowest BCUT2D eigenvalue weighted by atomic mass is 9.55. The van der Waals surface area contributed by atoms with Crippen LogP contribution in [0.1, 0.15) is 59.0 Å². The maximum atomic E-state index is 14.1. The van der Waals surface area contributed by atoms with E-state index in [0.29, 0.717) is 5.69 Å². The number of benzene rings is 4. The molecule has 2 saturated heterocycles. The fourth-order valence-electron chi connectivity index (χ4n) is 7.99. The molecule has 44 heavy (non-hydrogen) atoms. The second-order valence-corrected chi connectivity index (χ2v) is 12.2. The fraction of sp³-hybridized carbons (Fsp3) is 0.243. The van der Waals surface area contributed by atoms with Crippen molar-refractivity contribution in [3.63, 3.8) is 0 Å². The summed E-state index contributed by atoms with van der Waals surface area (Å²) >= 11 is 0. The molecule has 4 aromatic rings. The summed E-state index contributed by atoms with van der Waals surface area (Å²) in [6, 6.07) is 32.4. The Morgan fingerprint density at radius 3 is 1.84 bits per heavy atom. The SMILES string of the molecule is C[C@H](c1ccccc1)N1C[C@@H](C(=O)Oc2cccc(N3C(=O)[C@@H]4C5c6ccccc6C(c6ccccc65)[C@@H]4C3=O)c2)CC1=O. The second kappa shape index (κ2) is 10.0. The summed E-state index contributed by atoms with van der Waals surface area (Å²) in [4.78, 5) is 57.3. The Kier molecular flexibility index (Phi) is 6.05. The molecule has 0 spiro atoms. The van der Waals surface area contributed by atoms with Gasteiger partial charge in [0.2, 0.25) is 17.7 Å². The molecule has 2 fully saturated rings. The lowest BCUT2D eigenvalue weighted by Crippen LogP contribution is -2.41. The molecule has 2 bridgehead atoms. The van der Waals surface area contributed by atoms with Crippen LogP contribution in [0.3, 0.4) is 0 Å². The quantitative estimate of drug-likeness (QED) is 0.174. The van der Waals surface area contributed by atoms with Gasteiger partial charge >= 0.3 is 5.97 Å². The van der Waals surface area contributed by atoms with Crippen LogP contribution in [-0.2, 0) is 19.2 Å². The van der Waals surface area contributed by atoms with Crippen LogP contribution < -0.4 is 9.64 Å². The van der Waals surface area contributed by atoms with Crippen molar-refractivity contribution < 1.29 is 23.9 Å². The predicted molar refractivity (Wildman–Crippen MR) is 163 cm³/mol. The summed E-state index contributed by atoms with van der Waals surface area (Å²) in [7, 11) is 0. The van der Waals surface area contributed by atoms with E-state index in [9.17, 15) is 19.2 Å². The number of nitrogens with zero attached hydrogens (tertiary/aromatic N) is 2. The monoisotopic (exact) mass is 582 g/mol. The van der Waals surface area contributed by atoms with Gasteiger partial charge in [0.1, 0.15) is 5.75 Å². The van der Waals surface area contributed by atoms with Crippen LogP contribution in [0.2, 0.25) is 0 Å². The number of anilines is 1. The lowest BCUT2D eigenvalue weighted by molar-refractivity contribution is -0.139. The number of ether oxygens (including phenoxy) is 1. The van der Waals surface area contributed by atoms with Gasteiger partial charge in [-0.1, -0.05) is 84.9 Å². The van der Waals surface area contributed by atoms with Crippen molar-refractivity contribution in [1.29, 1.82) is 0 Å². The van der Waals surface area contributed by atoms with E-state index >= 15 is 0 Å². The van der Waals surface area contributed by atoms with Crippen LogP contribution in [0.15, 0.2) is 103 Å². The van der Waals surface area contributed by atoms with Crippen molar-refractivity contribution in [2.45, 2.75) is 31.2 Å². The van der Waals surface area contributed by atoms with E-state index < -0.39 is 23.7 Å². The summed E-state index contributed by atoms with van der Waals surface area (Å²) in [5.74, 6) is -2.80. The number of likely N-dealkylation sites (tertiary alicyclic amines) is 1. The summed E-state index contributed by atoms with van der Waals surface area (Å²) in [5.41, 5.74) is 5.85. The number of hydrogen-bond acceptors (Lipinski definition) is 5. The van der Waals surface area contributed by atoms with E-state index in [1.807, 2.05) is 61.5 Å². The highest BCUT2D eigenvalue weighted by atomic mass is 16.5. The van der Waals surface area contributed by atoms with Crippen LogP contribution in [0.25, 0.3) is 0 Å². The first-order chi connectivity index (χ1) is 21.4. The molecule has 3 amide bonds. The number of amides is 3. The number of rotatable bonds is 5. The Hall–Kier alpha value is -5.04. The fourth-order valence-corrected chi connectivity index (χ4v) is 7.99. The molecule has 5 aliphatic rings. The maximum absolute atomic E-state index is 14.1. The molecular weight excluding hydrogens is 552 g/mol. The van der Waals surface area contributed by atoms with Gasteiger partial charge in [-0.25, -0.2) is 4.90 Å². The molecular formula is C37H30N2O5. The van der Waals surface area contributed by atoms with Gasteiger partial charge in [0, 0.05) is 30.9 Å².